The fourth-order valence-electron chi connectivity index (χ4n) is 2.77. The first-order valence-corrected chi connectivity index (χ1v) is 10.6. The van der Waals surface area contributed by atoms with Gasteiger partial charge in [-0.25, -0.2) is 13.1 Å². The third kappa shape index (κ3) is 6.24. The lowest BCUT2D eigenvalue weighted by Crippen LogP contribution is -2.42. The van der Waals surface area contributed by atoms with E-state index in [2.05, 4.69) is 11.6 Å². The van der Waals surface area contributed by atoms with Crippen LogP contribution in [0.25, 0.3) is 0 Å². The third-order valence-electron chi connectivity index (χ3n) is 4.38. The Kier molecular flexibility index (Phi) is 7.82. The molecule has 0 aliphatic carbocycles. The van der Waals surface area contributed by atoms with Crippen LogP contribution in [0.5, 0.6) is 0 Å². The minimum atomic E-state index is -3.56. The second kappa shape index (κ2) is 9.86. The van der Waals surface area contributed by atoms with E-state index in [1.54, 1.807) is 24.3 Å². The summed E-state index contributed by atoms with van der Waals surface area (Å²) in [4.78, 5) is 0.284. The topological polar surface area (TPSA) is 55.4 Å². The molecule has 5 heteroatoms. The van der Waals surface area contributed by atoms with Gasteiger partial charge in [0, 0.05) is 6.04 Å². The molecule has 0 saturated carbocycles. The number of sulfonamides is 1. The van der Waals surface area contributed by atoms with Crippen LogP contribution in [0.2, 0.25) is 0 Å². The van der Waals surface area contributed by atoms with Crippen molar-refractivity contribution in [3.8, 4) is 0 Å². The number of benzene rings is 2. The highest BCUT2D eigenvalue weighted by Gasteiger charge is 2.24. The Labute approximate surface area is 157 Å². The zero-order chi connectivity index (χ0) is 19.0. The van der Waals surface area contributed by atoms with Crippen molar-refractivity contribution in [3.05, 3.63) is 65.7 Å². The van der Waals surface area contributed by atoms with Gasteiger partial charge in [-0.15, -0.1) is 0 Å². The summed E-state index contributed by atoms with van der Waals surface area (Å²) in [6, 6.07) is 16.5. The van der Waals surface area contributed by atoms with Crippen LogP contribution in [0.4, 0.5) is 0 Å². The van der Waals surface area contributed by atoms with Crippen LogP contribution < -0.4 is 4.72 Å². The maximum Gasteiger partial charge on any atom is 0.240 e. The highest BCUT2D eigenvalue weighted by Crippen LogP contribution is 2.16. The SMILES string of the molecule is CCCC[C@@H](OCc1ccccc1)[C@H](C)NS(=O)(=O)c1ccc(C)cc1. The molecule has 0 amide bonds. The van der Waals surface area contributed by atoms with Gasteiger partial charge in [0.05, 0.1) is 17.6 Å². The fraction of sp³-hybridized carbons (Fsp3) is 0.429. The summed E-state index contributed by atoms with van der Waals surface area (Å²) < 4.78 is 34.1. The van der Waals surface area contributed by atoms with Gasteiger partial charge in [0.1, 0.15) is 0 Å². The fourth-order valence-corrected chi connectivity index (χ4v) is 4.04. The molecule has 2 aromatic rings. The molecular weight excluding hydrogens is 346 g/mol. The van der Waals surface area contributed by atoms with Gasteiger partial charge in [-0.1, -0.05) is 67.8 Å². The van der Waals surface area contributed by atoms with Crippen molar-refractivity contribution < 1.29 is 13.2 Å². The van der Waals surface area contributed by atoms with Crippen molar-refractivity contribution in [1.82, 2.24) is 4.72 Å². The molecule has 0 unspecified atom stereocenters. The monoisotopic (exact) mass is 375 g/mol. The molecule has 0 aliphatic rings. The van der Waals surface area contributed by atoms with Crippen molar-refractivity contribution in [2.75, 3.05) is 0 Å². The highest BCUT2D eigenvalue weighted by atomic mass is 32.2. The van der Waals surface area contributed by atoms with Gasteiger partial charge in [-0.2, -0.15) is 0 Å². The van der Waals surface area contributed by atoms with E-state index < -0.39 is 10.0 Å². The molecule has 0 bridgehead atoms. The van der Waals surface area contributed by atoms with Gasteiger partial charge < -0.3 is 4.74 Å². The van der Waals surface area contributed by atoms with Crippen molar-refractivity contribution in [3.63, 3.8) is 0 Å². The summed E-state index contributed by atoms with van der Waals surface area (Å²) in [5.41, 5.74) is 2.12. The predicted molar refractivity (Wildman–Crippen MR) is 106 cm³/mol. The molecule has 0 saturated heterocycles. The number of unbranched alkanes of at least 4 members (excludes halogenated alkanes) is 1. The summed E-state index contributed by atoms with van der Waals surface area (Å²) in [5, 5.41) is 0. The predicted octanol–water partition coefficient (Wildman–Crippen LogP) is 4.44. The molecule has 0 heterocycles. The lowest BCUT2D eigenvalue weighted by Gasteiger charge is -2.25. The largest absolute Gasteiger partial charge is 0.372 e. The molecule has 0 aromatic heterocycles. The van der Waals surface area contributed by atoms with Gasteiger partial charge in [0.25, 0.3) is 0 Å². The molecule has 0 spiro atoms. The van der Waals surface area contributed by atoms with E-state index >= 15 is 0 Å². The second-order valence-corrected chi connectivity index (χ2v) is 8.41. The van der Waals surface area contributed by atoms with Crippen LogP contribution in [-0.4, -0.2) is 20.6 Å². The van der Waals surface area contributed by atoms with Gasteiger partial charge in [-0.05, 0) is 38.0 Å². The number of rotatable bonds is 10. The molecular formula is C21H29NO3S. The summed E-state index contributed by atoms with van der Waals surface area (Å²) in [6.45, 7) is 6.41. The van der Waals surface area contributed by atoms with E-state index in [0.717, 1.165) is 30.4 Å². The minimum absolute atomic E-state index is 0.171. The molecule has 26 heavy (non-hydrogen) atoms. The van der Waals surface area contributed by atoms with Gasteiger partial charge in [0.15, 0.2) is 0 Å². The molecule has 142 valence electrons. The average Bonchev–Trinajstić information content (AvgIpc) is 2.62. The summed E-state index contributed by atoms with van der Waals surface area (Å²) in [6.07, 6.45) is 2.69. The molecule has 0 fully saturated rings. The first-order chi connectivity index (χ1) is 12.4. The molecule has 4 nitrogen and oxygen atoms in total. The molecule has 2 aromatic carbocycles. The van der Waals surface area contributed by atoms with E-state index in [1.807, 2.05) is 44.2 Å². The van der Waals surface area contributed by atoms with Crippen LogP contribution >= 0.6 is 0 Å². The van der Waals surface area contributed by atoms with Gasteiger partial charge >= 0.3 is 0 Å². The Morgan fingerprint density at radius 3 is 2.31 bits per heavy atom. The van der Waals surface area contributed by atoms with E-state index in [1.165, 1.54) is 0 Å². The lowest BCUT2D eigenvalue weighted by molar-refractivity contribution is 0.0169. The van der Waals surface area contributed by atoms with Gasteiger partial charge in [-0.3, -0.25) is 0 Å². The van der Waals surface area contributed by atoms with Gasteiger partial charge in [0.2, 0.25) is 10.0 Å². The average molecular weight is 376 g/mol. The Balaban J connectivity index is 2.04. The Bertz CT molecular complexity index is 758. The van der Waals surface area contributed by atoms with Crippen molar-refractivity contribution in [2.45, 2.75) is 63.7 Å². The van der Waals surface area contributed by atoms with Crippen LogP contribution in [0.3, 0.4) is 0 Å². The van der Waals surface area contributed by atoms with Crippen molar-refractivity contribution in [2.24, 2.45) is 0 Å². The zero-order valence-electron chi connectivity index (χ0n) is 15.8. The second-order valence-electron chi connectivity index (χ2n) is 6.70. The normalized spacial score (nSPS) is 14.1. The Morgan fingerprint density at radius 1 is 1.04 bits per heavy atom. The summed E-state index contributed by atoms with van der Waals surface area (Å²) in [5.74, 6) is 0. The van der Waals surface area contributed by atoms with E-state index in [9.17, 15) is 8.42 Å². The van der Waals surface area contributed by atoms with E-state index in [4.69, 9.17) is 4.74 Å². The Hall–Kier alpha value is -1.69. The smallest absolute Gasteiger partial charge is 0.240 e. The number of hydrogen-bond donors (Lipinski definition) is 1. The third-order valence-corrected chi connectivity index (χ3v) is 5.95. The first-order valence-electron chi connectivity index (χ1n) is 9.17. The number of ether oxygens (including phenoxy) is 1. The molecule has 2 rings (SSSR count). The molecule has 1 N–H and O–H groups in total. The zero-order valence-corrected chi connectivity index (χ0v) is 16.6. The maximum absolute atomic E-state index is 12.6. The quantitative estimate of drug-likeness (QED) is 0.668. The lowest BCUT2D eigenvalue weighted by atomic mass is 10.1. The van der Waals surface area contributed by atoms with Crippen molar-refractivity contribution in [1.29, 1.82) is 0 Å². The highest BCUT2D eigenvalue weighted by molar-refractivity contribution is 7.89. The van der Waals surface area contributed by atoms with Crippen LogP contribution in [-0.2, 0) is 21.4 Å². The molecule has 2 atom stereocenters. The Morgan fingerprint density at radius 2 is 1.69 bits per heavy atom. The summed E-state index contributed by atoms with van der Waals surface area (Å²) in [7, 11) is -3.56. The summed E-state index contributed by atoms with van der Waals surface area (Å²) >= 11 is 0. The maximum atomic E-state index is 12.6. The van der Waals surface area contributed by atoms with E-state index in [0.29, 0.717) is 6.61 Å². The number of nitrogens with one attached hydrogen (secondary N) is 1. The molecule has 0 radical (unpaired) electrons. The van der Waals surface area contributed by atoms with Crippen LogP contribution in [0.15, 0.2) is 59.5 Å². The van der Waals surface area contributed by atoms with Crippen molar-refractivity contribution >= 4 is 10.0 Å². The number of hydrogen-bond acceptors (Lipinski definition) is 3. The number of aryl methyl sites for hydroxylation is 1. The molecule has 0 aliphatic heterocycles. The van der Waals surface area contributed by atoms with Crippen LogP contribution in [0.1, 0.15) is 44.2 Å². The van der Waals surface area contributed by atoms with E-state index in [-0.39, 0.29) is 17.0 Å². The first kappa shape index (κ1) is 20.6. The van der Waals surface area contributed by atoms with Crippen LogP contribution in [0, 0.1) is 6.92 Å². The minimum Gasteiger partial charge on any atom is -0.372 e. The standard InChI is InChI=1S/C21H29NO3S/c1-4-5-11-21(25-16-19-9-7-6-8-10-19)18(3)22-26(23,24)20-14-12-17(2)13-15-20/h6-10,12-15,18,21-22H,4-5,11,16H2,1-3H3/t18-,21+/m0/s1.